The van der Waals surface area contributed by atoms with Gasteiger partial charge in [0.2, 0.25) is 16.0 Å². The molecular formula is C28H34ClN9O3S. The Labute approximate surface area is 250 Å². The molecular weight excluding hydrogens is 578 g/mol. The lowest BCUT2D eigenvalue weighted by molar-refractivity contribution is 0.312. The Bertz CT molecular complexity index is 1710. The van der Waals surface area contributed by atoms with E-state index in [1.54, 1.807) is 32.4 Å². The zero-order valence-corrected chi connectivity index (χ0v) is 25.8. The van der Waals surface area contributed by atoms with Crippen molar-refractivity contribution in [2.75, 3.05) is 73.0 Å². The predicted molar refractivity (Wildman–Crippen MR) is 168 cm³/mol. The van der Waals surface area contributed by atoms with Crippen LogP contribution in [0.3, 0.4) is 0 Å². The van der Waals surface area contributed by atoms with Gasteiger partial charge in [-0.3, -0.25) is 14.3 Å². The summed E-state index contributed by atoms with van der Waals surface area (Å²) in [6, 6.07) is 7.54. The molecule has 1 saturated heterocycles. The zero-order valence-electron chi connectivity index (χ0n) is 24.2. The minimum absolute atomic E-state index is 0.191. The van der Waals surface area contributed by atoms with E-state index in [1.165, 1.54) is 16.7 Å². The van der Waals surface area contributed by atoms with Crippen molar-refractivity contribution >= 4 is 67.2 Å². The standard InChI is InChI=1S/C28H34ClN9O3S/c1-6-38(42(5,39)40)26-21(8-7-20-25(26)31-10-9-30-20)33-27-19(29)17-32-28(35-27)34-22-15-18(2)23(16-24(22)41-4)37-13-11-36(3)12-14-37/h7-10,15-17H,6,11-14H2,1-5H3,(H2,32,33,34,35). The minimum atomic E-state index is -3.63. The highest BCUT2D eigenvalue weighted by Gasteiger charge is 2.24. The monoisotopic (exact) mass is 611 g/mol. The Hall–Kier alpha value is -3.94. The number of nitrogens with one attached hydrogen (secondary N) is 2. The number of ether oxygens (including phenoxy) is 1. The third-order valence-corrected chi connectivity index (χ3v) is 8.67. The Balaban J connectivity index is 1.48. The van der Waals surface area contributed by atoms with E-state index in [0.29, 0.717) is 33.8 Å². The highest BCUT2D eigenvalue weighted by molar-refractivity contribution is 7.92. The Morgan fingerprint density at radius 3 is 2.48 bits per heavy atom. The molecule has 12 nitrogen and oxygen atoms in total. The number of fused-ring (bicyclic) bond motifs is 1. The number of rotatable bonds is 9. The second-order valence-electron chi connectivity index (χ2n) is 10.1. The summed E-state index contributed by atoms with van der Waals surface area (Å²) in [7, 11) is 0.130. The van der Waals surface area contributed by atoms with E-state index >= 15 is 0 Å². The minimum Gasteiger partial charge on any atom is -0.494 e. The maximum absolute atomic E-state index is 12.7. The van der Waals surface area contributed by atoms with Crippen LogP contribution in [-0.2, 0) is 10.0 Å². The van der Waals surface area contributed by atoms with Crippen LogP contribution in [0.1, 0.15) is 12.5 Å². The lowest BCUT2D eigenvalue weighted by Crippen LogP contribution is -2.44. The molecule has 0 unspecified atom stereocenters. The van der Waals surface area contributed by atoms with Crippen molar-refractivity contribution in [3.05, 3.63) is 53.4 Å². The van der Waals surface area contributed by atoms with Crippen LogP contribution in [0, 0.1) is 6.92 Å². The van der Waals surface area contributed by atoms with E-state index in [0.717, 1.165) is 43.7 Å². The van der Waals surface area contributed by atoms with E-state index in [9.17, 15) is 8.42 Å². The fourth-order valence-electron chi connectivity index (χ4n) is 5.03. The Kier molecular flexibility index (Phi) is 8.53. The molecule has 0 amide bonds. The van der Waals surface area contributed by atoms with Gasteiger partial charge in [0, 0.05) is 56.9 Å². The van der Waals surface area contributed by atoms with Crippen LogP contribution in [0.5, 0.6) is 5.75 Å². The molecule has 1 aliphatic heterocycles. The van der Waals surface area contributed by atoms with Gasteiger partial charge in [-0.25, -0.2) is 13.4 Å². The molecule has 1 fully saturated rings. The number of anilines is 6. The van der Waals surface area contributed by atoms with Crippen molar-refractivity contribution in [1.82, 2.24) is 24.8 Å². The molecule has 2 aromatic heterocycles. The van der Waals surface area contributed by atoms with Crippen LogP contribution in [0.4, 0.5) is 34.5 Å². The first-order chi connectivity index (χ1) is 20.1. The lowest BCUT2D eigenvalue weighted by atomic mass is 10.1. The van der Waals surface area contributed by atoms with Gasteiger partial charge >= 0.3 is 0 Å². The molecule has 222 valence electrons. The molecule has 5 rings (SSSR count). The first-order valence-corrected chi connectivity index (χ1v) is 15.7. The molecule has 2 aromatic carbocycles. The van der Waals surface area contributed by atoms with Gasteiger partial charge in [0.25, 0.3) is 0 Å². The van der Waals surface area contributed by atoms with Crippen molar-refractivity contribution in [1.29, 1.82) is 0 Å². The molecule has 0 saturated carbocycles. The number of piperazine rings is 1. The summed E-state index contributed by atoms with van der Waals surface area (Å²) in [5, 5.41) is 6.71. The molecule has 0 radical (unpaired) electrons. The topological polar surface area (TPSA) is 129 Å². The molecule has 42 heavy (non-hydrogen) atoms. The van der Waals surface area contributed by atoms with Gasteiger partial charge in [-0.2, -0.15) is 4.98 Å². The van der Waals surface area contributed by atoms with Gasteiger partial charge in [0.15, 0.2) is 5.82 Å². The number of hydrogen-bond acceptors (Lipinski definition) is 11. The van der Waals surface area contributed by atoms with E-state index in [1.807, 2.05) is 12.1 Å². The number of likely N-dealkylation sites (N-methyl/N-ethyl adjacent to an activating group) is 1. The maximum atomic E-state index is 12.7. The van der Waals surface area contributed by atoms with Crippen molar-refractivity contribution in [3.63, 3.8) is 0 Å². The molecule has 0 atom stereocenters. The highest BCUT2D eigenvalue weighted by atomic mass is 35.5. The summed E-state index contributed by atoms with van der Waals surface area (Å²) in [5.41, 5.74) is 4.72. The van der Waals surface area contributed by atoms with E-state index < -0.39 is 10.0 Å². The molecule has 1 aliphatic rings. The first kappa shape index (κ1) is 29.5. The molecule has 0 aliphatic carbocycles. The second-order valence-corrected chi connectivity index (χ2v) is 12.4. The van der Waals surface area contributed by atoms with Crippen molar-refractivity contribution in [2.45, 2.75) is 13.8 Å². The SMILES string of the molecule is CCN(c1c(Nc2nc(Nc3cc(C)c(N4CCN(C)CC4)cc3OC)ncc2Cl)ccc2nccnc12)S(C)(=O)=O. The molecule has 0 bridgehead atoms. The van der Waals surface area contributed by atoms with Gasteiger partial charge < -0.3 is 25.2 Å². The molecule has 14 heteroatoms. The fourth-order valence-corrected chi connectivity index (χ4v) is 6.15. The summed E-state index contributed by atoms with van der Waals surface area (Å²) < 4.78 is 32.5. The molecule has 4 aromatic rings. The van der Waals surface area contributed by atoms with E-state index in [4.69, 9.17) is 16.3 Å². The third kappa shape index (κ3) is 6.13. The highest BCUT2D eigenvalue weighted by Crippen LogP contribution is 2.38. The van der Waals surface area contributed by atoms with Crippen LogP contribution in [0.15, 0.2) is 42.9 Å². The second kappa shape index (κ2) is 12.1. The number of halogens is 1. The zero-order chi connectivity index (χ0) is 30.0. The maximum Gasteiger partial charge on any atom is 0.232 e. The van der Waals surface area contributed by atoms with Gasteiger partial charge in [0.05, 0.1) is 36.5 Å². The predicted octanol–water partition coefficient (Wildman–Crippen LogP) is 4.42. The summed E-state index contributed by atoms with van der Waals surface area (Å²) in [6.07, 6.45) is 5.71. The van der Waals surface area contributed by atoms with Crippen LogP contribution >= 0.6 is 11.6 Å². The number of nitrogens with zero attached hydrogens (tertiary/aromatic N) is 7. The average molecular weight is 612 g/mol. The van der Waals surface area contributed by atoms with E-state index in [2.05, 4.69) is 54.3 Å². The fraction of sp³-hybridized carbons (Fsp3) is 0.357. The Morgan fingerprint density at radius 2 is 1.79 bits per heavy atom. The quantitative estimate of drug-likeness (QED) is 0.279. The van der Waals surface area contributed by atoms with Crippen molar-refractivity contribution in [2.24, 2.45) is 0 Å². The lowest BCUT2D eigenvalue weighted by Gasteiger charge is -2.35. The summed E-state index contributed by atoms with van der Waals surface area (Å²) in [5.74, 6) is 1.22. The van der Waals surface area contributed by atoms with Crippen LogP contribution in [-0.4, -0.2) is 86.4 Å². The summed E-state index contributed by atoms with van der Waals surface area (Å²) in [6.45, 7) is 7.91. The number of aromatic nitrogens is 4. The van der Waals surface area contributed by atoms with Gasteiger partial charge in [-0.05, 0) is 44.7 Å². The van der Waals surface area contributed by atoms with Crippen LogP contribution in [0.2, 0.25) is 5.02 Å². The molecule has 3 heterocycles. The van der Waals surface area contributed by atoms with Gasteiger partial charge in [-0.15, -0.1) is 0 Å². The number of hydrogen-bond donors (Lipinski definition) is 2. The largest absolute Gasteiger partial charge is 0.494 e. The summed E-state index contributed by atoms with van der Waals surface area (Å²) in [4.78, 5) is 22.4. The number of aryl methyl sites for hydroxylation is 1. The van der Waals surface area contributed by atoms with Gasteiger partial charge in [-0.1, -0.05) is 11.6 Å². The smallest absolute Gasteiger partial charge is 0.232 e. The average Bonchev–Trinajstić information content (AvgIpc) is 2.96. The summed E-state index contributed by atoms with van der Waals surface area (Å²) >= 11 is 6.52. The number of benzene rings is 2. The third-order valence-electron chi connectivity index (χ3n) is 7.16. The molecule has 2 N–H and O–H groups in total. The van der Waals surface area contributed by atoms with Crippen LogP contribution in [0.25, 0.3) is 11.0 Å². The van der Waals surface area contributed by atoms with Crippen molar-refractivity contribution < 1.29 is 13.2 Å². The first-order valence-electron chi connectivity index (χ1n) is 13.5. The van der Waals surface area contributed by atoms with Crippen LogP contribution < -0.4 is 24.6 Å². The molecule has 0 spiro atoms. The van der Waals surface area contributed by atoms with Gasteiger partial charge in [0.1, 0.15) is 22.0 Å². The number of sulfonamides is 1. The van der Waals surface area contributed by atoms with E-state index in [-0.39, 0.29) is 23.3 Å². The Morgan fingerprint density at radius 1 is 1.05 bits per heavy atom. The normalized spacial score (nSPS) is 14.2. The number of methoxy groups -OCH3 is 1. The van der Waals surface area contributed by atoms with Crippen molar-refractivity contribution in [3.8, 4) is 5.75 Å².